The molecular formula is C15H20N2O2S. The minimum atomic E-state index is -0.410. The molecule has 0 radical (unpaired) electrons. The van der Waals surface area contributed by atoms with Crippen molar-refractivity contribution in [1.29, 1.82) is 0 Å². The van der Waals surface area contributed by atoms with Gasteiger partial charge in [0.15, 0.2) is 0 Å². The van der Waals surface area contributed by atoms with Gasteiger partial charge in [0.1, 0.15) is 4.88 Å². The molecule has 0 spiro atoms. The van der Waals surface area contributed by atoms with Crippen LogP contribution >= 0.6 is 11.3 Å². The zero-order valence-electron chi connectivity index (χ0n) is 12.0. The summed E-state index contributed by atoms with van der Waals surface area (Å²) in [4.78, 5) is 14.6. The third kappa shape index (κ3) is 2.78. The number of aliphatic hydroxyl groups excluding tert-OH is 1. The summed E-state index contributed by atoms with van der Waals surface area (Å²) in [5.74, 6) is -0.0799. The van der Waals surface area contributed by atoms with Crippen molar-refractivity contribution in [2.24, 2.45) is 0 Å². The SMILES string of the molecule is Cc1cccc2c(N)c(C(=O)N(C)CCC(C)O)sc12. The molecule has 4 nitrogen and oxygen atoms in total. The van der Waals surface area contributed by atoms with E-state index in [1.165, 1.54) is 11.3 Å². The van der Waals surface area contributed by atoms with Crippen molar-refractivity contribution in [3.63, 3.8) is 0 Å². The molecule has 1 aromatic carbocycles. The lowest BCUT2D eigenvalue weighted by Gasteiger charge is -2.17. The van der Waals surface area contributed by atoms with Crippen LogP contribution in [-0.4, -0.2) is 35.6 Å². The number of aliphatic hydroxyl groups is 1. The van der Waals surface area contributed by atoms with E-state index in [1.54, 1.807) is 18.9 Å². The number of nitrogens with zero attached hydrogens (tertiary/aromatic N) is 1. The Morgan fingerprint density at radius 1 is 1.50 bits per heavy atom. The number of carbonyl (C=O) groups is 1. The van der Waals surface area contributed by atoms with Gasteiger partial charge in [-0.2, -0.15) is 0 Å². The average Bonchev–Trinajstić information content (AvgIpc) is 2.74. The molecule has 1 heterocycles. The van der Waals surface area contributed by atoms with Gasteiger partial charge < -0.3 is 15.7 Å². The normalized spacial score (nSPS) is 12.6. The second-order valence-corrected chi connectivity index (χ2v) is 6.18. The van der Waals surface area contributed by atoms with E-state index < -0.39 is 6.10 Å². The van der Waals surface area contributed by atoms with Crippen LogP contribution in [0.1, 0.15) is 28.6 Å². The number of fused-ring (bicyclic) bond motifs is 1. The van der Waals surface area contributed by atoms with Crippen molar-refractivity contribution in [1.82, 2.24) is 4.90 Å². The standard InChI is InChI=1S/C15H20N2O2S/c1-9-5-4-6-11-12(16)14(20-13(9)11)15(19)17(3)8-7-10(2)18/h4-6,10,18H,7-8,16H2,1-3H3. The molecule has 2 aromatic rings. The Hall–Kier alpha value is -1.59. The highest BCUT2D eigenvalue weighted by molar-refractivity contribution is 7.21. The van der Waals surface area contributed by atoms with Gasteiger partial charge in [-0.15, -0.1) is 11.3 Å². The second-order valence-electron chi connectivity index (χ2n) is 5.16. The molecular weight excluding hydrogens is 272 g/mol. The van der Waals surface area contributed by atoms with Crippen LogP contribution in [0.5, 0.6) is 0 Å². The molecule has 2 rings (SSSR count). The molecule has 0 bridgehead atoms. The summed E-state index contributed by atoms with van der Waals surface area (Å²) in [7, 11) is 1.74. The van der Waals surface area contributed by atoms with Gasteiger partial charge in [-0.05, 0) is 25.8 Å². The topological polar surface area (TPSA) is 66.6 Å². The zero-order valence-corrected chi connectivity index (χ0v) is 12.8. The third-order valence-corrected chi connectivity index (χ3v) is 4.72. The molecule has 0 aliphatic heterocycles. The molecule has 1 amide bonds. The van der Waals surface area contributed by atoms with Gasteiger partial charge >= 0.3 is 0 Å². The van der Waals surface area contributed by atoms with Crippen molar-refractivity contribution >= 4 is 33.0 Å². The first kappa shape index (κ1) is 14.8. The lowest BCUT2D eigenvalue weighted by Crippen LogP contribution is -2.29. The van der Waals surface area contributed by atoms with Crippen LogP contribution in [-0.2, 0) is 0 Å². The van der Waals surface area contributed by atoms with Gasteiger partial charge in [0.05, 0.1) is 11.8 Å². The van der Waals surface area contributed by atoms with Crippen LogP contribution in [0, 0.1) is 6.92 Å². The molecule has 5 heteroatoms. The van der Waals surface area contributed by atoms with E-state index >= 15 is 0 Å². The van der Waals surface area contributed by atoms with Crippen molar-refractivity contribution in [2.45, 2.75) is 26.4 Å². The number of carbonyl (C=O) groups excluding carboxylic acids is 1. The van der Waals surface area contributed by atoms with Crippen LogP contribution in [0.15, 0.2) is 18.2 Å². The quantitative estimate of drug-likeness (QED) is 0.910. The smallest absolute Gasteiger partial charge is 0.265 e. The summed E-state index contributed by atoms with van der Waals surface area (Å²) < 4.78 is 1.07. The summed E-state index contributed by atoms with van der Waals surface area (Å²) in [6.45, 7) is 4.25. The van der Waals surface area contributed by atoms with E-state index in [0.717, 1.165) is 15.6 Å². The Morgan fingerprint density at radius 3 is 2.80 bits per heavy atom. The minimum Gasteiger partial charge on any atom is -0.397 e. The minimum absolute atomic E-state index is 0.0799. The highest BCUT2D eigenvalue weighted by Crippen LogP contribution is 2.36. The fourth-order valence-electron chi connectivity index (χ4n) is 2.09. The van der Waals surface area contributed by atoms with Crippen molar-refractivity contribution in [2.75, 3.05) is 19.3 Å². The van der Waals surface area contributed by atoms with E-state index in [-0.39, 0.29) is 5.91 Å². The number of hydrogen-bond donors (Lipinski definition) is 2. The third-order valence-electron chi connectivity index (χ3n) is 3.37. The maximum atomic E-state index is 12.4. The van der Waals surface area contributed by atoms with Crippen LogP contribution in [0.2, 0.25) is 0 Å². The number of aryl methyl sites for hydroxylation is 1. The fourth-order valence-corrected chi connectivity index (χ4v) is 3.28. The number of thiophene rings is 1. The lowest BCUT2D eigenvalue weighted by atomic mass is 10.1. The first-order valence-electron chi connectivity index (χ1n) is 6.63. The fraction of sp³-hybridized carbons (Fsp3) is 0.400. The van der Waals surface area contributed by atoms with E-state index in [2.05, 4.69) is 0 Å². The number of nitrogen functional groups attached to an aromatic ring is 1. The predicted molar refractivity (Wildman–Crippen MR) is 84.2 cm³/mol. The second kappa shape index (κ2) is 5.81. The summed E-state index contributed by atoms with van der Waals surface area (Å²) in [6, 6.07) is 5.91. The Kier molecular flexibility index (Phi) is 4.30. The molecule has 1 unspecified atom stereocenters. The van der Waals surface area contributed by atoms with E-state index in [4.69, 9.17) is 5.73 Å². The maximum Gasteiger partial charge on any atom is 0.265 e. The molecule has 0 fully saturated rings. The largest absolute Gasteiger partial charge is 0.397 e. The number of amides is 1. The van der Waals surface area contributed by atoms with Crippen LogP contribution < -0.4 is 5.73 Å². The first-order valence-corrected chi connectivity index (χ1v) is 7.44. The number of benzene rings is 1. The first-order chi connectivity index (χ1) is 9.41. The van der Waals surface area contributed by atoms with Crippen molar-refractivity contribution in [3.8, 4) is 0 Å². The van der Waals surface area contributed by atoms with Crippen LogP contribution in [0.3, 0.4) is 0 Å². The molecule has 20 heavy (non-hydrogen) atoms. The Morgan fingerprint density at radius 2 is 2.20 bits per heavy atom. The average molecular weight is 292 g/mol. The van der Waals surface area contributed by atoms with Crippen molar-refractivity contribution < 1.29 is 9.90 Å². The number of rotatable bonds is 4. The summed E-state index contributed by atoms with van der Waals surface area (Å²) in [6.07, 6.45) is 0.152. The highest BCUT2D eigenvalue weighted by Gasteiger charge is 2.20. The monoisotopic (exact) mass is 292 g/mol. The van der Waals surface area contributed by atoms with Gasteiger partial charge in [-0.3, -0.25) is 4.79 Å². The van der Waals surface area contributed by atoms with Crippen molar-refractivity contribution in [3.05, 3.63) is 28.6 Å². The Bertz CT molecular complexity index is 634. The number of nitrogens with two attached hydrogens (primary N) is 1. The molecule has 1 aromatic heterocycles. The van der Waals surface area contributed by atoms with Gasteiger partial charge in [-0.1, -0.05) is 18.2 Å². The Balaban J connectivity index is 2.31. The number of anilines is 1. The number of hydrogen-bond acceptors (Lipinski definition) is 4. The molecule has 108 valence electrons. The van der Waals surface area contributed by atoms with Gasteiger partial charge in [-0.25, -0.2) is 0 Å². The van der Waals surface area contributed by atoms with E-state index in [1.807, 2.05) is 25.1 Å². The zero-order chi connectivity index (χ0) is 14.9. The molecule has 0 aliphatic rings. The van der Waals surface area contributed by atoms with Gasteiger partial charge in [0, 0.05) is 23.7 Å². The molecule has 3 N–H and O–H groups in total. The Labute approximate surface area is 122 Å². The molecule has 0 saturated carbocycles. The summed E-state index contributed by atoms with van der Waals surface area (Å²) in [5, 5.41) is 10.2. The predicted octanol–water partition coefficient (Wildman–Crippen LogP) is 2.63. The molecule has 0 saturated heterocycles. The van der Waals surface area contributed by atoms with E-state index in [9.17, 15) is 9.90 Å². The van der Waals surface area contributed by atoms with Crippen LogP contribution in [0.4, 0.5) is 5.69 Å². The summed E-state index contributed by atoms with van der Waals surface area (Å²) in [5.41, 5.74) is 7.80. The highest BCUT2D eigenvalue weighted by atomic mass is 32.1. The van der Waals surface area contributed by atoms with Crippen LogP contribution in [0.25, 0.3) is 10.1 Å². The maximum absolute atomic E-state index is 12.4. The molecule has 0 aliphatic carbocycles. The van der Waals surface area contributed by atoms with Gasteiger partial charge in [0.25, 0.3) is 5.91 Å². The van der Waals surface area contributed by atoms with Gasteiger partial charge in [0.2, 0.25) is 0 Å². The van der Waals surface area contributed by atoms with E-state index in [0.29, 0.717) is 23.5 Å². The lowest BCUT2D eigenvalue weighted by molar-refractivity contribution is 0.0774. The summed E-state index contributed by atoms with van der Waals surface area (Å²) >= 11 is 1.44. The molecule has 1 atom stereocenters.